The Hall–Kier alpha value is -3.32. The van der Waals surface area contributed by atoms with Gasteiger partial charge in [-0.2, -0.15) is 13.2 Å². The van der Waals surface area contributed by atoms with E-state index in [4.69, 9.17) is 5.73 Å². The highest BCUT2D eigenvalue weighted by molar-refractivity contribution is 9.10. The number of rotatable bonds is 7. The molecule has 0 aliphatic carbocycles. The van der Waals surface area contributed by atoms with Crippen LogP contribution in [0.4, 0.5) is 29.3 Å². The van der Waals surface area contributed by atoms with E-state index in [2.05, 4.69) is 26.6 Å². The average molecular weight is 748 g/mol. The fourth-order valence-electron chi connectivity index (χ4n) is 8.23. The van der Waals surface area contributed by atoms with Gasteiger partial charge in [0.1, 0.15) is 0 Å². The number of anilines is 2. The lowest BCUT2D eigenvalue weighted by atomic mass is 9.79. The number of likely N-dealkylation sites (tertiary alicyclic amines) is 2. The van der Waals surface area contributed by atoms with Crippen LogP contribution in [-0.4, -0.2) is 84.4 Å². The number of nitrogens with two attached hydrogens (primary N) is 1. The molecule has 6 rings (SSSR count). The summed E-state index contributed by atoms with van der Waals surface area (Å²) in [5.41, 5.74) is 6.62. The molecule has 4 N–H and O–H groups in total. The third-order valence-electron chi connectivity index (χ3n) is 11.0. The van der Waals surface area contributed by atoms with Gasteiger partial charge in [-0.1, -0.05) is 18.2 Å². The molecule has 0 bridgehead atoms. The SMILES string of the molecule is Nc1c(Br)cc(C[C@@H](CC(=O)N2CCC(N3CCc4ccccc4NC3=O)CC2)C(=O)N2CCC(C3CCNCC3)CC2)cc1C(F)(F)F. The second kappa shape index (κ2) is 15.3. The van der Waals surface area contributed by atoms with Crippen molar-refractivity contribution in [3.8, 4) is 0 Å². The second-order valence-electron chi connectivity index (χ2n) is 14.0. The maximum atomic E-state index is 14.1. The molecule has 3 fully saturated rings. The van der Waals surface area contributed by atoms with Crippen LogP contribution in [0.1, 0.15) is 61.6 Å². The van der Waals surface area contributed by atoms with Crippen LogP contribution in [0.2, 0.25) is 0 Å². The summed E-state index contributed by atoms with van der Waals surface area (Å²) in [5, 5.41) is 6.43. The predicted octanol–water partition coefficient (Wildman–Crippen LogP) is 5.92. The molecule has 49 heavy (non-hydrogen) atoms. The van der Waals surface area contributed by atoms with Crippen LogP contribution in [0.25, 0.3) is 0 Å². The number of nitrogens with one attached hydrogen (secondary N) is 2. The van der Waals surface area contributed by atoms with E-state index in [1.165, 1.54) is 6.07 Å². The summed E-state index contributed by atoms with van der Waals surface area (Å²) in [6.45, 7) is 4.67. The molecule has 2 aromatic carbocycles. The summed E-state index contributed by atoms with van der Waals surface area (Å²) in [6.07, 6.45) is 1.25. The Balaban J connectivity index is 1.12. The van der Waals surface area contributed by atoms with Crippen molar-refractivity contribution in [2.75, 3.05) is 56.9 Å². The van der Waals surface area contributed by atoms with E-state index in [9.17, 15) is 27.6 Å². The lowest BCUT2D eigenvalue weighted by molar-refractivity contribution is -0.143. The Labute approximate surface area is 294 Å². The summed E-state index contributed by atoms with van der Waals surface area (Å²) in [7, 11) is 0. The topological polar surface area (TPSA) is 111 Å². The normalized spacial score (nSPS) is 20.8. The van der Waals surface area contributed by atoms with Gasteiger partial charge >= 0.3 is 12.2 Å². The third kappa shape index (κ3) is 8.36. The highest BCUT2D eigenvalue weighted by atomic mass is 79.9. The van der Waals surface area contributed by atoms with Crippen molar-refractivity contribution in [2.45, 2.75) is 70.0 Å². The summed E-state index contributed by atoms with van der Waals surface area (Å²) in [4.78, 5) is 46.4. The van der Waals surface area contributed by atoms with Crippen molar-refractivity contribution in [2.24, 2.45) is 17.8 Å². The number of para-hydroxylation sites is 1. The number of hydrogen-bond donors (Lipinski definition) is 3. The van der Waals surface area contributed by atoms with Gasteiger partial charge in [0.05, 0.1) is 17.2 Å². The van der Waals surface area contributed by atoms with Gasteiger partial charge in [0, 0.05) is 55.3 Å². The molecule has 2 aromatic rings. The number of benzene rings is 2. The minimum Gasteiger partial charge on any atom is -0.397 e. The number of amides is 4. The van der Waals surface area contributed by atoms with E-state index < -0.39 is 23.3 Å². The Morgan fingerprint density at radius 1 is 0.918 bits per heavy atom. The first kappa shape index (κ1) is 35.5. The lowest BCUT2D eigenvalue weighted by Crippen LogP contribution is -2.50. The zero-order valence-electron chi connectivity index (χ0n) is 27.7. The van der Waals surface area contributed by atoms with Crippen molar-refractivity contribution in [1.82, 2.24) is 20.0 Å². The van der Waals surface area contributed by atoms with E-state index in [1.54, 1.807) is 4.90 Å². The molecule has 4 heterocycles. The number of urea groups is 1. The third-order valence-corrected chi connectivity index (χ3v) is 11.7. The number of nitrogens with zero attached hydrogens (tertiary/aromatic N) is 3. The van der Waals surface area contributed by atoms with Gasteiger partial charge in [0.15, 0.2) is 0 Å². The van der Waals surface area contributed by atoms with Crippen LogP contribution in [0.3, 0.4) is 0 Å². The molecule has 1 atom stereocenters. The molecule has 4 aliphatic heterocycles. The van der Waals surface area contributed by atoms with Crippen LogP contribution in [0, 0.1) is 17.8 Å². The summed E-state index contributed by atoms with van der Waals surface area (Å²) >= 11 is 3.17. The van der Waals surface area contributed by atoms with E-state index in [1.807, 2.05) is 34.1 Å². The Kier molecular flexibility index (Phi) is 11.1. The Morgan fingerprint density at radius 2 is 1.57 bits per heavy atom. The van der Waals surface area contributed by atoms with Crippen LogP contribution in [0.5, 0.6) is 0 Å². The van der Waals surface area contributed by atoms with Crippen LogP contribution in [-0.2, 0) is 28.6 Å². The zero-order chi connectivity index (χ0) is 34.7. The minimum absolute atomic E-state index is 0.00820. The first-order valence-corrected chi connectivity index (χ1v) is 18.3. The van der Waals surface area contributed by atoms with Crippen LogP contribution < -0.4 is 16.4 Å². The van der Waals surface area contributed by atoms with Gasteiger partial charge in [-0.15, -0.1) is 0 Å². The van der Waals surface area contributed by atoms with Crippen LogP contribution in [0.15, 0.2) is 40.9 Å². The van der Waals surface area contributed by atoms with E-state index in [-0.39, 0.29) is 41.2 Å². The second-order valence-corrected chi connectivity index (χ2v) is 14.9. The summed E-state index contributed by atoms with van der Waals surface area (Å²) < 4.78 is 41.7. The van der Waals surface area contributed by atoms with Gasteiger partial charge in [0.25, 0.3) is 0 Å². The van der Waals surface area contributed by atoms with Crippen LogP contribution >= 0.6 is 15.9 Å². The molecular weight excluding hydrogens is 701 g/mol. The first-order valence-electron chi connectivity index (χ1n) is 17.6. The van der Waals surface area contributed by atoms with E-state index in [0.717, 1.165) is 62.5 Å². The molecule has 0 spiro atoms. The highest BCUT2D eigenvalue weighted by Gasteiger charge is 2.38. The number of alkyl halides is 3. The van der Waals surface area contributed by atoms with E-state index in [0.29, 0.717) is 63.0 Å². The van der Waals surface area contributed by atoms with Gasteiger partial charge in [0.2, 0.25) is 11.8 Å². The number of carbonyl (C=O) groups is 3. The highest BCUT2D eigenvalue weighted by Crippen LogP contribution is 2.39. The molecule has 4 amide bonds. The fraction of sp³-hybridized carbons (Fsp3) is 0.583. The number of carbonyl (C=O) groups excluding carboxylic acids is 3. The molecule has 0 saturated carbocycles. The molecule has 9 nitrogen and oxygen atoms in total. The number of fused-ring (bicyclic) bond motifs is 1. The Morgan fingerprint density at radius 3 is 2.27 bits per heavy atom. The molecule has 13 heteroatoms. The maximum Gasteiger partial charge on any atom is 0.418 e. The number of nitrogen functional groups attached to an aromatic ring is 1. The Bertz CT molecular complexity index is 1520. The molecule has 266 valence electrons. The van der Waals surface area contributed by atoms with Crippen molar-refractivity contribution >= 4 is 45.2 Å². The molecule has 0 radical (unpaired) electrons. The fourth-order valence-corrected chi connectivity index (χ4v) is 8.74. The molecule has 3 saturated heterocycles. The number of hydrogen-bond acceptors (Lipinski definition) is 5. The van der Waals surface area contributed by atoms with Crippen molar-refractivity contribution in [3.05, 3.63) is 57.6 Å². The predicted molar refractivity (Wildman–Crippen MR) is 186 cm³/mol. The largest absolute Gasteiger partial charge is 0.418 e. The molecular formula is C36H46BrF3N6O3. The standard InChI is InChI=1S/C36H46BrF3N6O3/c37-30-21-23(20-29(33(30)41)36(38,39)40)19-27(34(48)45-14-7-25(8-15-45)24-5-12-42-13-6-24)22-32(47)44-16-10-28(11-17-44)46-18-9-26-3-1-2-4-31(26)43-35(46)49/h1-4,20-21,24-25,27-28,42H,5-19,22,41H2,(H,43,49)/t27-/m0/s1. The number of piperidine rings is 3. The lowest BCUT2D eigenvalue weighted by Gasteiger charge is -2.40. The summed E-state index contributed by atoms with van der Waals surface area (Å²) in [6, 6.07) is 10.1. The van der Waals surface area contributed by atoms with Crippen molar-refractivity contribution in [1.29, 1.82) is 0 Å². The van der Waals surface area contributed by atoms with E-state index >= 15 is 0 Å². The summed E-state index contributed by atoms with van der Waals surface area (Å²) in [5.74, 6) is -0.000987. The molecule has 0 unspecified atom stereocenters. The quantitative estimate of drug-likeness (QED) is 0.305. The van der Waals surface area contributed by atoms with Crippen molar-refractivity contribution < 1.29 is 27.6 Å². The monoisotopic (exact) mass is 746 g/mol. The van der Waals surface area contributed by atoms with Gasteiger partial charge in [-0.25, -0.2) is 4.79 Å². The maximum absolute atomic E-state index is 14.1. The smallest absolute Gasteiger partial charge is 0.397 e. The molecule has 4 aliphatic rings. The number of halogens is 4. The van der Waals surface area contributed by atoms with Gasteiger partial charge in [-0.05, 0) is 122 Å². The molecule has 0 aromatic heterocycles. The average Bonchev–Trinajstić information content (AvgIpc) is 3.27. The van der Waals surface area contributed by atoms with Gasteiger partial charge in [-0.3, -0.25) is 9.59 Å². The first-order chi connectivity index (χ1) is 23.5. The van der Waals surface area contributed by atoms with Crippen molar-refractivity contribution in [3.63, 3.8) is 0 Å². The zero-order valence-corrected chi connectivity index (χ0v) is 29.3. The van der Waals surface area contributed by atoms with Gasteiger partial charge < -0.3 is 31.1 Å². The minimum atomic E-state index is -4.66.